The molecular formula is C21H22BN2+. The van der Waals surface area contributed by atoms with Crippen LogP contribution < -0.4 is 15.0 Å². The molecule has 0 unspecified atom stereocenters. The Morgan fingerprint density at radius 2 is 1.58 bits per heavy atom. The van der Waals surface area contributed by atoms with Gasteiger partial charge in [0, 0.05) is 17.1 Å². The van der Waals surface area contributed by atoms with E-state index in [1.54, 1.807) is 0 Å². The molecular weight excluding hydrogens is 291 g/mol. The Balaban J connectivity index is 1.95. The number of fused-ring (bicyclic) bond motifs is 2. The molecule has 0 saturated carbocycles. The van der Waals surface area contributed by atoms with Gasteiger partial charge in [-0.15, -0.1) is 0 Å². The first-order valence-electron chi connectivity index (χ1n) is 8.47. The van der Waals surface area contributed by atoms with Crippen LogP contribution in [0.1, 0.15) is 19.4 Å². The standard InChI is InChI=1S/C21H22BN2/c1-15-16(2)22(24(4)20-12-8-6-10-18(15)20)21-14-13-17-9-5-7-11-19(17)23(21)3/h5-14H,1-4H3/q+1. The van der Waals surface area contributed by atoms with Crippen molar-refractivity contribution in [3.63, 3.8) is 0 Å². The summed E-state index contributed by atoms with van der Waals surface area (Å²) >= 11 is 0. The lowest BCUT2D eigenvalue weighted by atomic mass is 9.48. The van der Waals surface area contributed by atoms with Gasteiger partial charge in [-0.1, -0.05) is 35.8 Å². The molecule has 3 heteroatoms. The number of hydrogen-bond acceptors (Lipinski definition) is 1. The zero-order valence-corrected chi connectivity index (χ0v) is 14.7. The molecule has 1 aromatic heterocycles. The number of allylic oxidation sites excluding steroid dienone is 2. The molecule has 118 valence electrons. The van der Waals surface area contributed by atoms with Crippen LogP contribution in [0.3, 0.4) is 0 Å². The monoisotopic (exact) mass is 313 g/mol. The van der Waals surface area contributed by atoms with Gasteiger partial charge in [-0.05, 0) is 56.3 Å². The number of pyridine rings is 1. The molecule has 0 saturated heterocycles. The van der Waals surface area contributed by atoms with Gasteiger partial charge in [0.25, 0.3) is 0 Å². The van der Waals surface area contributed by atoms with Gasteiger partial charge in [0.2, 0.25) is 5.52 Å². The van der Waals surface area contributed by atoms with Crippen LogP contribution in [-0.2, 0) is 7.05 Å². The topological polar surface area (TPSA) is 7.12 Å². The van der Waals surface area contributed by atoms with Gasteiger partial charge in [0.15, 0.2) is 5.59 Å². The molecule has 0 atom stereocenters. The summed E-state index contributed by atoms with van der Waals surface area (Å²) in [6.07, 6.45) is 0. The van der Waals surface area contributed by atoms with Crippen LogP contribution in [0.15, 0.2) is 66.1 Å². The van der Waals surface area contributed by atoms with Gasteiger partial charge in [-0.3, -0.25) is 0 Å². The largest absolute Gasteiger partial charge is 0.404 e. The van der Waals surface area contributed by atoms with Gasteiger partial charge in [0.1, 0.15) is 7.05 Å². The summed E-state index contributed by atoms with van der Waals surface area (Å²) in [6.45, 7) is 4.77. The minimum absolute atomic E-state index is 0.259. The van der Waals surface area contributed by atoms with Gasteiger partial charge >= 0.3 is 6.85 Å². The van der Waals surface area contributed by atoms with E-state index in [9.17, 15) is 0 Å². The zero-order chi connectivity index (χ0) is 16.8. The van der Waals surface area contributed by atoms with Crippen LogP contribution in [-0.4, -0.2) is 13.9 Å². The van der Waals surface area contributed by atoms with E-state index in [0.717, 1.165) is 0 Å². The average molecular weight is 313 g/mol. The maximum absolute atomic E-state index is 2.40. The predicted molar refractivity (Wildman–Crippen MR) is 104 cm³/mol. The summed E-state index contributed by atoms with van der Waals surface area (Å²) in [5.41, 5.74) is 8.05. The van der Waals surface area contributed by atoms with Crippen molar-refractivity contribution in [3.8, 4) is 0 Å². The summed E-state index contributed by atoms with van der Waals surface area (Å²) in [5.74, 6) is 0. The molecule has 2 aromatic carbocycles. The van der Waals surface area contributed by atoms with E-state index in [1.165, 1.54) is 38.8 Å². The number of rotatable bonds is 1. The highest BCUT2D eigenvalue weighted by atomic mass is 15.1. The molecule has 0 fully saturated rings. The third-order valence-electron chi connectivity index (χ3n) is 5.48. The Morgan fingerprint density at radius 1 is 0.875 bits per heavy atom. The second-order valence-corrected chi connectivity index (χ2v) is 6.71. The highest BCUT2D eigenvalue weighted by Gasteiger charge is 2.38. The Bertz CT molecular complexity index is 974. The zero-order valence-electron chi connectivity index (χ0n) is 14.7. The van der Waals surface area contributed by atoms with Crippen LogP contribution in [0.4, 0.5) is 5.69 Å². The molecule has 0 amide bonds. The highest BCUT2D eigenvalue weighted by Crippen LogP contribution is 2.34. The molecule has 0 N–H and O–H groups in total. The van der Waals surface area contributed by atoms with Crippen molar-refractivity contribution in [2.24, 2.45) is 7.05 Å². The fraction of sp³-hybridized carbons (Fsp3) is 0.190. The minimum Gasteiger partial charge on any atom is -0.404 e. The Labute approximate surface area is 144 Å². The number of aryl methyl sites for hydroxylation is 1. The maximum Gasteiger partial charge on any atom is 0.399 e. The fourth-order valence-corrected chi connectivity index (χ4v) is 4.00. The summed E-state index contributed by atoms with van der Waals surface area (Å²) in [5, 5.41) is 1.28. The summed E-state index contributed by atoms with van der Waals surface area (Å²) in [7, 11) is 4.38. The molecule has 0 spiro atoms. The van der Waals surface area contributed by atoms with Crippen LogP contribution in [0, 0.1) is 0 Å². The van der Waals surface area contributed by atoms with Gasteiger partial charge < -0.3 is 4.81 Å². The molecule has 0 radical (unpaired) electrons. The molecule has 0 aliphatic carbocycles. The number of nitrogens with zero attached hydrogens (tertiary/aromatic N) is 2. The number of benzene rings is 2. The smallest absolute Gasteiger partial charge is 0.399 e. The first-order chi connectivity index (χ1) is 11.6. The first kappa shape index (κ1) is 15.0. The number of para-hydroxylation sites is 2. The van der Waals surface area contributed by atoms with Gasteiger partial charge in [-0.2, -0.15) is 0 Å². The van der Waals surface area contributed by atoms with E-state index in [4.69, 9.17) is 0 Å². The number of hydrogen-bond donors (Lipinski definition) is 0. The molecule has 1 aliphatic rings. The lowest BCUT2D eigenvalue weighted by molar-refractivity contribution is -0.627. The van der Waals surface area contributed by atoms with Crippen LogP contribution >= 0.6 is 0 Å². The average Bonchev–Trinajstić information content (AvgIpc) is 2.62. The lowest BCUT2D eigenvalue weighted by Gasteiger charge is -2.34. The Kier molecular flexibility index (Phi) is 3.45. The first-order valence-corrected chi connectivity index (χ1v) is 8.47. The van der Waals surface area contributed by atoms with E-state index in [1.807, 2.05) is 0 Å². The quantitative estimate of drug-likeness (QED) is 0.494. The molecule has 3 aromatic rings. The third kappa shape index (κ3) is 2.08. The van der Waals surface area contributed by atoms with Crippen LogP contribution in [0.5, 0.6) is 0 Å². The molecule has 0 bridgehead atoms. The van der Waals surface area contributed by atoms with E-state index >= 15 is 0 Å². The van der Waals surface area contributed by atoms with Crippen molar-refractivity contribution in [1.82, 2.24) is 0 Å². The van der Waals surface area contributed by atoms with E-state index in [0.29, 0.717) is 0 Å². The van der Waals surface area contributed by atoms with E-state index in [-0.39, 0.29) is 6.85 Å². The Morgan fingerprint density at radius 3 is 2.42 bits per heavy atom. The van der Waals surface area contributed by atoms with Crippen molar-refractivity contribution >= 4 is 34.6 Å². The van der Waals surface area contributed by atoms with Gasteiger partial charge in [-0.25, -0.2) is 4.57 Å². The van der Waals surface area contributed by atoms with Crippen molar-refractivity contribution in [1.29, 1.82) is 0 Å². The van der Waals surface area contributed by atoms with Crippen LogP contribution in [0.25, 0.3) is 16.5 Å². The second-order valence-electron chi connectivity index (χ2n) is 6.71. The van der Waals surface area contributed by atoms with Crippen molar-refractivity contribution < 1.29 is 4.57 Å². The summed E-state index contributed by atoms with van der Waals surface area (Å²) in [4.78, 5) is 2.40. The normalized spacial score (nSPS) is 14.3. The number of anilines is 1. The SMILES string of the molecule is CC1=C(C)c2ccccc2N(C)B1c1ccc2ccccc2[n+]1C. The van der Waals surface area contributed by atoms with E-state index < -0.39 is 0 Å². The fourth-order valence-electron chi connectivity index (χ4n) is 4.00. The molecule has 2 nitrogen and oxygen atoms in total. The third-order valence-corrected chi connectivity index (χ3v) is 5.48. The molecule has 24 heavy (non-hydrogen) atoms. The molecule has 1 aliphatic heterocycles. The van der Waals surface area contributed by atoms with Crippen molar-refractivity contribution in [3.05, 3.63) is 71.7 Å². The van der Waals surface area contributed by atoms with Gasteiger partial charge in [0.05, 0.1) is 0 Å². The van der Waals surface area contributed by atoms with E-state index in [2.05, 4.69) is 98.0 Å². The summed E-state index contributed by atoms with van der Waals surface area (Å²) in [6, 6.07) is 21.8. The molecule has 4 rings (SSSR count). The number of aromatic nitrogens is 1. The minimum atomic E-state index is 0.259. The second kappa shape index (κ2) is 5.52. The summed E-state index contributed by atoms with van der Waals surface area (Å²) < 4.78 is 2.33. The van der Waals surface area contributed by atoms with Crippen molar-refractivity contribution in [2.45, 2.75) is 13.8 Å². The Hall–Kier alpha value is -2.55. The van der Waals surface area contributed by atoms with Crippen LogP contribution in [0.2, 0.25) is 0 Å². The maximum atomic E-state index is 2.40. The highest BCUT2D eigenvalue weighted by molar-refractivity contribution is 6.83. The predicted octanol–water partition coefficient (Wildman–Crippen LogP) is 3.35. The molecule has 2 heterocycles. The van der Waals surface area contributed by atoms with Crippen molar-refractivity contribution in [2.75, 3.05) is 11.9 Å². The lowest BCUT2D eigenvalue weighted by Crippen LogP contribution is -2.62.